The van der Waals surface area contributed by atoms with Crippen molar-refractivity contribution in [1.29, 1.82) is 0 Å². The molecule has 16 heavy (non-hydrogen) atoms. The molecule has 90 valence electrons. The van der Waals surface area contributed by atoms with Crippen LogP contribution in [0.2, 0.25) is 0 Å². The number of hydrogen-bond donors (Lipinski definition) is 2. The minimum Gasteiger partial charge on any atom is -0.392 e. The molecule has 0 fully saturated rings. The molecule has 0 saturated carbocycles. The van der Waals surface area contributed by atoms with Crippen molar-refractivity contribution in [2.75, 3.05) is 26.7 Å². The van der Waals surface area contributed by atoms with E-state index in [0.717, 1.165) is 13.0 Å². The Morgan fingerprint density at radius 2 is 2.38 bits per heavy atom. The SMILES string of the molecule is CN(CCc1cccnc1)CC(O)CCN. The highest BCUT2D eigenvalue weighted by Crippen LogP contribution is 2.00. The van der Waals surface area contributed by atoms with Crippen LogP contribution in [0, 0.1) is 0 Å². The zero-order valence-corrected chi connectivity index (χ0v) is 9.84. The molecular formula is C12H21N3O. The number of rotatable bonds is 7. The second-order valence-corrected chi connectivity index (χ2v) is 4.10. The molecule has 0 spiro atoms. The molecule has 0 bridgehead atoms. The van der Waals surface area contributed by atoms with E-state index in [1.54, 1.807) is 6.20 Å². The summed E-state index contributed by atoms with van der Waals surface area (Å²) in [5.74, 6) is 0. The summed E-state index contributed by atoms with van der Waals surface area (Å²) in [7, 11) is 2.01. The molecule has 0 amide bonds. The molecule has 0 saturated heterocycles. The van der Waals surface area contributed by atoms with E-state index in [2.05, 4.69) is 16.0 Å². The zero-order chi connectivity index (χ0) is 11.8. The summed E-state index contributed by atoms with van der Waals surface area (Å²) in [4.78, 5) is 6.19. The first kappa shape index (κ1) is 13.1. The number of pyridine rings is 1. The summed E-state index contributed by atoms with van der Waals surface area (Å²) in [5.41, 5.74) is 6.61. The van der Waals surface area contributed by atoms with Gasteiger partial charge in [-0.25, -0.2) is 0 Å². The van der Waals surface area contributed by atoms with Crippen molar-refractivity contribution < 1.29 is 5.11 Å². The van der Waals surface area contributed by atoms with Crippen LogP contribution in [-0.2, 0) is 6.42 Å². The number of aliphatic hydroxyl groups is 1. The Labute approximate surface area is 97.1 Å². The Balaban J connectivity index is 2.22. The summed E-state index contributed by atoms with van der Waals surface area (Å²) < 4.78 is 0. The molecule has 0 aliphatic heterocycles. The molecule has 0 aromatic carbocycles. The highest BCUT2D eigenvalue weighted by molar-refractivity contribution is 5.08. The van der Waals surface area contributed by atoms with Crippen molar-refractivity contribution in [3.8, 4) is 0 Å². The Morgan fingerprint density at radius 3 is 3.00 bits per heavy atom. The summed E-state index contributed by atoms with van der Waals surface area (Å²) in [6.07, 6.45) is 4.96. The number of nitrogens with two attached hydrogens (primary N) is 1. The topological polar surface area (TPSA) is 62.4 Å². The molecule has 4 heteroatoms. The highest BCUT2D eigenvalue weighted by atomic mass is 16.3. The van der Waals surface area contributed by atoms with Gasteiger partial charge in [0.05, 0.1) is 6.10 Å². The van der Waals surface area contributed by atoms with Gasteiger partial charge in [0.2, 0.25) is 0 Å². The van der Waals surface area contributed by atoms with Crippen molar-refractivity contribution in [3.63, 3.8) is 0 Å². The summed E-state index contributed by atoms with van der Waals surface area (Å²) >= 11 is 0. The summed E-state index contributed by atoms with van der Waals surface area (Å²) in [6, 6.07) is 4.01. The van der Waals surface area contributed by atoms with Gasteiger partial charge in [0.25, 0.3) is 0 Å². The van der Waals surface area contributed by atoms with Crippen molar-refractivity contribution in [3.05, 3.63) is 30.1 Å². The first-order valence-corrected chi connectivity index (χ1v) is 5.68. The molecular weight excluding hydrogens is 202 g/mol. The van der Waals surface area contributed by atoms with Crippen LogP contribution >= 0.6 is 0 Å². The fourth-order valence-electron chi connectivity index (χ4n) is 1.60. The number of aromatic nitrogens is 1. The standard InChI is InChI=1S/C12H21N3O/c1-15(10-12(16)4-6-13)8-5-11-3-2-7-14-9-11/h2-3,7,9,12,16H,4-6,8,10,13H2,1H3. The van der Waals surface area contributed by atoms with Gasteiger partial charge in [0, 0.05) is 25.5 Å². The molecule has 0 radical (unpaired) electrons. The largest absolute Gasteiger partial charge is 0.392 e. The van der Waals surface area contributed by atoms with Gasteiger partial charge in [0.1, 0.15) is 0 Å². The normalized spacial score (nSPS) is 13.0. The fourth-order valence-corrected chi connectivity index (χ4v) is 1.60. The molecule has 4 nitrogen and oxygen atoms in total. The lowest BCUT2D eigenvalue weighted by Gasteiger charge is -2.19. The van der Waals surface area contributed by atoms with E-state index in [1.807, 2.05) is 19.3 Å². The zero-order valence-electron chi connectivity index (χ0n) is 9.84. The van der Waals surface area contributed by atoms with Gasteiger partial charge in [-0.05, 0) is 38.1 Å². The number of aliphatic hydroxyl groups excluding tert-OH is 1. The number of likely N-dealkylation sites (N-methyl/N-ethyl adjacent to an activating group) is 1. The highest BCUT2D eigenvalue weighted by Gasteiger charge is 2.06. The number of nitrogens with zero attached hydrogens (tertiary/aromatic N) is 2. The van der Waals surface area contributed by atoms with E-state index in [1.165, 1.54) is 5.56 Å². The molecule has 0 aliphatic rings. The first-order valence-electron chi connectivity index (χ1n) is 5.68. The smallest absolute Gasteiger partial charge is 0.0679 e. The Hall–Kier alpha value is -0.970. The quantitative estimate of drug-likeness (QED) is 0.696. The van der Waals surface area contributed by atoms with Crippen LogP contribution in [0.15, 0.2) is 24.5 Å². The minimum atomic E-state index is -0.316. The van der Waals surface area contributed by atoms with E-state index in [4.69, 9.17) is 5.73 Å². The van der Waals surface area contributed by atoms with E-state index < -0.39 is 0 Å². The van der Waals surface area contributed by atoms with Crippen LogP contribution < -0.4 is 5.73 Å². The molecule has 1 unspecified atom stereocenters. The maximum absolute atomic E-state index is 9.58. The molecule has 1 heterocycles. The molecule has 1 atom stereocenters. The summed E-state index contributed by atoms with van der Waals surface area (Å²) in [5, 5.41) is 9.58. The molecule has 1 rings (SSSR count). The number of hydrogen-bond acceptors (Lipinski definition) is 4. The van der Waals surface area contributed by atoms with Gasteiger partial charge in [0.15, 0.2) is 0 Å². The molecule has 1 aromatic heterocycles. The lowest BCUT2D eigenvalue weighted by atomic mass is 10.2. The second kappa shape index (κ2) is 7.33. The van der Waals surface area contributed by atoms with Crippen LogP contribution in [0.5, 0.6) is 0 Å². The fraction of sp³-hybridized carbons (Fsp3) is 0.583. The third kappa shape index (κ3) is 5.21. The lowest BCUT2D eigenvalue weighted by molar-refractivity contribution is 0.120. The van der Waals surface area contributed by atoms with Gasteiger partial charge in [-0.15, -0.1) is 0 Å². The van der Waals surface area contributed by atoms with Crippen LogP contribution in [0.1, 0.15) is 12.0 Å². The van der Waals surface area contributed by atoms with E-state index in [0.29, 0.717) is 19.5 Å². The van der Waals surface area contributed by atoms with Gasteiger partial charge in [-0.3, -0.25) is 4.98 Å². The van der Waals surface area contributed by atoms with Crippen LogP contribution in [0.25, 0.3) is 0 Å². The van der Waals surface area contributed by atoms with Gasteiger partial charge < -0.3 is 15.7 Å². The van der Waals surface area contributed by atoms with E-state index in [-0.39, 0.29) is 6.10 Å². The van der Waals surface area contributed by atoms with Crippen molar-refractivity contribution in [2.45, 2.75) is 18.9 Å². The predicted octanol–water partition coefficient (Wildman–Crippen LogP) is 0.266. The Morgan fingerprint density at radius 1 is 1.56 bits per heavy atom. The Bertz CT molecular complexity index is 279. The maximum atomic E-state index is 9.58. The van der Waals surface area contributed by atoms with Crippen LogP contribution in [-0.4, -0.2) is 47.8 Å². The van der Waals surface area contributed by atoms with Gasteiger partial charge in [-0.1, -0.05) is 6.07 Å². The second-order valence-electron chi connectivity index (χ2n) is 4.10. The minimum absolute atomic E-state index is 0.316. The molecule has 1 aromatic rings. The summed E-state index contributed by atoms with van der Waals surface area (Å²) in [6.45, 7) is 2.14. The van der Waals surface area contributed by atoms with Crippen LogP contribution in [0.3, 0.4) is 0 Å². The third-order valence-electron chi connectivity index (χ3n) is 2.53. The first-order chi connectivity index (χ1) is 7.72. The van der Waals surface area contributed by atoms with Crippen molar-refractivity contribution >= 4 is 0 Å². The monoisotopic (exact) mass is 223 g/mol. The molecule has 3 N–H and O–H groups in total. The van der Waals surface area contributed by atoms with Gasteiger partial charge >= 0.3 is 0 Å². The third-order valence-corrected chi connectivity index (χ3v) is 2.53. The average Bonchev–Trinajstić information content (AvgIpc) is 2.28. The van der Waals surface area contributed by atoms with Crippen molar-refractivity contribution in [1.82, 2.24) is 9.88 Å². The molecule has 0 aliphatic carbocycles. The average molecular weight is 223 g/mol. The lowest BCUT2D eigenvalue weighted by Crippen LogP contribution is -2.32. The van der Waals surface area contributed by atoms with E-state index >= 15 is 0 Å². The van der Waals surface area contributed by atoms with Crippen LogP contribution in [0.4, 0.5) is 0 Å². The Kier molecular flexibility index (Phi) is 6.00. The van der Waals surface area contributed by atoms with E-state index in [9.17, 15) is 5.11 Å². The van der Waals surface area contributed by atoms with Gasteiger partial charge in [-0.2, -0.15) is 0 Å². The van der Waals surface area contributed by atoms with Crippen molar-refractivity contribution in [2.24, 2.45) is 5.73 Å². The predicted molar refractivity (Wildman–Crippen MR) is 65.1 cm³/mol. The maximum Gasteiger partial charge on any atom is 0.0679 e.